The molecule has 2 aliphatic heterocycles. The normalized spacial score (nSPS) is 20.0. The zero-order chi connectivity index (χ0) is 25.8. The summed E-state index contributed by atoms with van der Waals surface area (Å²) in [4.78, 5) is 57.3. The van der Waals surface area contributed by atoms with E-state index in [1.807, 2.05) is 30.3 Å². The van der Waals surface area contributed by atoms with Crippen molar-refractivity contribution in [3.8, 4) is 0 Å². The van der Waals surface area contributed by atoms with Crippen molar-refractivity contribution < 1.29 is 24.4 Å². The number of urea groups is 2. The molecule has 11 nitrogen and oxygen atoms in total. The number of rotatable bonds is 9. The Balaban J connectivity index is 1.47. The Morgan fingerprint density at radius 1 is 1.08 bits per heavy atom. The second kappa shape index (κ2) is 10.5. The minimum atomic E-state index is -1.17. The fourth-order valence-corrected chi connectivity index (χ4v) is 4.78. The number of amides is 4. The average Bonchev–Trinajstić information content (AvgIpc) is 3.19. The highest BCUT2D eigenvalue weighted by Crippen LogP contribution is 2.35. The van der Waals surface area contributed by atoms with Gasteiger partial charge in [0.25, 0.3) is 5.69 Å². The largest absolute Gasteiger partial charge is 0.481 e. The number of aliphatic imine (C=N–C) groups is 1. The predicted octanol–water partition coefficient (Wildman–Crippen LogP) is 3.56. The van der Waals surface area contributed by atoms with E-state index in [0.717, 1.165) is 5.56 Å². The van der Waals surface area contributed by atoms with Crippen LogP contribution in [0.15, 0.2) is 59.6 Å². The summed E-state index contributed by atoms with van der Waals surface area (Å²) >= 11 is 0. The first-order valence-corrected chi connectivity index (χ1v) is 11.7. The molecule has 1 N–H and O–H groups in total. The van der Waals surface area contributed by atoms with Gasteiger partial charge in [-0.05, 0) is 24.5 Å². The summed E-state index contributed by atoms with van der Waals surface area (Å²) in [6.45, 7) is 3.68. The van der Waals surface area contributed by atoms with Crippen molar-refractivity contribution >= 4 is 29.4 Å². The van der Waals surface area contributed by atoms with Crippen LogP contribution < -0.4 is 0 Å². The summed E-state index contributed by atoms with van der Waals surface area (Å²) < 4.78 is 0. The van der Waals surface area contributed by atoms with Gasteiger partial charge in [0, 0.05) is 50.6 Å². The zero-order valence-electron chi connectivity index (χ0n) is 19.8. The Hall–Kier alpha value is -4.28. The van der Waals surface area contributed by atoms with E-state index in [1.165, 1.54) is 30.0 Å². The van der Waals surface area contributed by atoms with Gasteiger partial charge in [-0.15, -0.1) is 0 Å². The first-order valence-electron chi connectivity index (χ1n) is 11.7. The summed E-state index contributed by atoms with van der Waals surface area (Å²) in [5.74, 6) is -2.31. The Morgan fingerprint density at radius 3 is 2.50 bits per heavy atom. The molecule has 0 aliphatic carbocycles. The van der Waals surface area contributed by atoms with Crippen molar-refractivity contribution in [1.82, 2.24) is 14.7 Å². The monoisotopic (exact) mass is 493 g/mol. The molecule has 2 atom stereocenters. The predicted molar refractivity (Wildman–Crippen MR) is 131 cm³/mol. The van der Waals surface area contributed by atoms with Gasteiger partial charge in [0.15, 0.2) is 0 Å². The molecule has 1 fully saturated rings. The third-order valence-corrected chi connectivity index (χ3v) is 6.53. The van der Waals surface area contributed by atoms with Crippen molar-refractivity contribution in [3.05, 3.63) is 75.8 Å². The number of non-ortho nitro benzene ring substituents is 1. The number of benzene rings is 2. The number of carboxylic acids is 1. The molecule has 2 unspecified atom stereocenters. The first-order chi connectivity index (χ1) is 17.3. The molecule has 0 spiro atoms. The van der Waals surface area contributed by atoms with Crippen molar-refractivity contribution in [3.63, 3.8) is 0 Å². The SMILES string of the molecule is CC1=NC(=O)N(CCCN2CCN(Cc3ccccc3)C2=O)C(c2cccc([N+](=O)[O-])c2)C1C(=O)O. The molecule has 188 valence electrons. The highest BCUT2D eigenvalue weighted by molar-refractivity contribution is 6.07. The number of hydrogen-bond donors (Lipinski definition) is 1. The number of carbonyl (C=O) groups excluding carboxylic acids is 2. The molecule has 2 aliphatic rings. The lowest BCUT2D eigenvalue weighted by atomic mass is 9.86. The zero-order valence-corrected chi connectivity index (χ0v) is 19.8. The minimum absolute atomic E-state index is 0.0867. The minimum Gasteiger partial charge on any atom is -0.481 e. The quantitative estimate of drug-likeness (QED) is 0.419. The maximum absolute atomic E-state index is 12.8. The van der Waals surface area contributed by atoms with Gasteiger partial charge in [0.2, 0.25) is 0 Å². The fraction of sp³-hybridized carbons (Fsp3) is 0.360. The molecule has 4 rings (SSSR count). The molecule has 0 radical (unpaired) electrons. The molecule has 36 heavy (non-hydrogen) atoms. The van der Waals surface area contributed by atoms with Gasteiger partial charge in [0.1, 0.15) is 5.92 Å². The van der Waals surface area contributed by atoms with Crippen molar-refractivity contribution in [2.24, 2.45) is 10.9 Å². The Kier molecular flexibility index (Phi) is 7.28. The van der Waals surface area contributed by atoms with E-state index in [-0.39, 0.29) is 24.0 Å². The molecule has 1 saturated heterocycles. The highest BCUT2D eigenvalue weighted by Gasteiger charge is 2.42. The van der Waals surface area contributed by atoms with Gasteiger partial charge in [0.05, 0.1) is 11.0 Å². The maximum Gasteiger partial charge on any atom is 0.344 e. The number of carboxylic acid groups (broad SMARTS) is 1. The van der Waals surface area contributed by atoms with Crippen LogP contribution in [0, 0.1) is 16.0 Å². The summed E-state index contributed by atoms with van der Waals surface area (Å²) in [6.07, 6.45) is 0.406. The number of hydrogen-bond acceptors (Lipinski definition) is 5. The lowest BCUT2D eigenvalue weighted by Crippen LogP contribution is -2.47. The molecule has 2 aromatic rings. The molecular formula is C25H27N5O6. The molecule has 4 amide bonds. The van der Waals surface area contributed by atoms with Crippen molar-refractivity contribution in [1.29, 1.82) is 0 Å². The van der Waals surface area contributed by atoms with E-state index in [2.05, 4.69) is 4.99 Å². The summed E-state index contributed by atoms with van der Waals surface area (Å²) in [7, 11) is 0. The Morgan fingerprint density at radius 2 is 1.81 bits per heavy atom. The maximum atomic E-state index is 12.8. The van der Waals surface area contributed by atoms with Gasteiger partial charge in [-0.1, -0.05) is 42.5 Å². The van der Waals surface area contributed by atoms with Gasteiger partial charge in [-0.25, -0.2) is 14.6 Å². The lowest BCUT2D eigenvalue weighted by Gasteiger charge is -2.38. The standard InChI is InChI=1S/C25H27N5O6/c1-17-21(23(31)32)22(19-9-5-10-20(15-19)30(35)36)29(24(33)26-17)12-6-11-27-13-14-28(25(27)34)16-18-7-3-2-4-8-18/h2-5,7-10,15,21-22H,6,11-14,16H2,1H3,(H,31,32). The summed E-state index contributed by atoms with van der Waals surface area (Å²) in [5.41, 5.74) is 1.35. The average molecular weight is 494 g/mol. The van der Waals surface area contributed by atoms with Crippen molar-refractivity contribution in [2.45, 2.75) is 25.9 Å². The Labute approximate surface area is 207 Å². The van der Waals surface area contributed by atoms with Crippen LogP contribution in [0.4, 0.5) is 15.3 Å². The van der Waals surface area contributed by atoms with E-state index in [0.29, 0.717) is 38.2 Å². The number of carbonyl (C=O) groups is 3. The molecular weight excluding hydrogens is 466 g/mol. The topological polar surface area (TPSA) is 137 Å². The van der Waals surface area contributed by atoms with Crippen LogP contribution in [0.1, 0.15) is 30.5 Å². The van der Waals surface area contributed by atoms with Gasteiger partial charge in [-0.3, -0.25) is 14.9 Å². The van der Waals surface area contributed by atoms with Gasteiger partial charge in [-0.2, -0.15) is 0 Å². The first kappa shape index (κ1) is 24.8. The third kappa shape index (κ3) is 5.19. The fourth-order valence-electron chi connectivity index (χ4n) is 4.78. The van der Waals surface area contributed by atoms with E-state index >= 15 is 0 Å². The smallest absolute Gasteiger partial charge is 0.344 e. The summed E-state index contributed by atoms with van der Waals surface area (Å²) in [6, 6.07) is 13.7. The molecule has 2 heterocycles. The van der Waals surface area contributed by atoms with Gasteiger partial charge >= 0.3 is 18.0 Å². The van der Waals surface area contributed by atoms with E-state index in [1.54, 1.807) is 15.9 Å². The molecule has 0 aromatic heterocycles. The van der Waals surface area contributed by atoms with Crippen LogP contribution in [-0.2, 0) is 11.3 Å². The number of nitro benzene ring substituents is 1. The van der Waals surface area contributed by atoms with E-state index in [9.17, 15) is 29.6 Å². The number of nitrogens with zero attached hydrogens (tertiary/aromatic N) is 5. The molecule has 11 heteroatoms. The second-order valence-corrected chi connectivity index (χ2v) is 8.87. The molecule has 0 bridgehead atoms. The molecule has 2 aromatic carbocycles. The molecule has 0 saturated carbocycles. The van der Waals surface area contributed by atoms with Crippen LogP contribution >= 0.6 is 0 Å². The second-order valence-electron chi connectivity index (χ2n) is 8.87. The third-order valence-electron chi connectivity index (χ3n) is 6.53. The number of nitro groups is 1. The van der Waals surface area contributed by atoms with Crippen LogP contribution in [0.3, 0.4) is 0 Å². The van der Waals surface area contributed by atoms with Crippen LogP contribution in [0.5, 0.6) is 0 Å². The van der Waals surface area contributed by atoms with Gasteiger partial charge < -0.3 is 19.8 Å². The van der Waals surface area contributed by atoms with Crippen LogP contribution in [0.2, 0.25) is 0 Å². The van der Waals surface area contributed by atoms with E-state index in [4.69, 9.17) is 0 Å². The Bertz CT molecular complexity index is 1200. The summed E-state index contributed by atoms with van der Waals surface area (Å²) in [5, 5.41) is 21.2. The van der Waals surface area contributed by atoms with Crippen LogP contribution in [-0.4, -0.2) is 74.7 Å². The number of aliphatic carboxylic acids is 1. The van der Waals surface area contributed by atoms with Crippen LogP contribution in [0.25, 0.3) is 0 Å². The highest BCUT2D eigenvalue weighted by atomic mass is 16.6. The lowest BCUT2D eigenvalue weighted by molar-refractivity contribution is -0.385. The van der Waals surface area contributed by atoms with E-state index < -0.39 is 28.9 Å². The van der Waals surface area contributed by atoms with Crippen molar-refractivity contribution in [2.75, 3.05) is 26.2 Å².